The van der Waals surface area contributed by atoms with Crippen LogP contribution in [0, 0.1) is 0 Å². The van der Waals surface area contributed by atoms with Crippen LogP contribution in [0.5, 0.6) is 0 Å². The van der Waals surface area contributed by atoms with Gasteiger partial charge in [0.25, 0.3) is 0 Å². The highest BCUT2D eigenvalue weighted by Gasteiger charge is 1.52. The molecule has 2 heteroatoms. The van der Waals surface area contributed by atoms with E-state index in [4.69, 9.17) is 0 Å². The zero-order valence-corrected chi connectivity index (χ0v) is 3.85. The average Bonchev–Trinajstić information content (AvgIpc) is 1.37. The van der Waals surface area contributed by atoms with Gasteiger partial charge in [-0.05, 0) is 6.92 Å². The zero-order valence-electron chi connectivity index (χ0n) is 2.69. The molecule has 0 aliphatic rings. The van der Waals surface area contributed by atoms with Crippen LogP contribution in [0.1, 0.15) is 9.78 Å². The summed E-state index contributed by atoms with van der Waals surface area (Å²) in [5, 5.41) is 0. The fraction of sp³-hybridized carbons (Fsp3) is 1.00. The lowest BCUT2D eigenvalue weighted by molar-refractivity contribution is 0.375. The molecule has 0 saturated carbocycles. The molecule has 0 aromatic carbocycles. The van der Waals surface area contributed by atoms with Gasteiger partial charge < -0.3 is 3.79 Å². The lowest BCUT2D eigenvalue weighted by Crippen LogP contribution is -1.76. The molecule has 0 spiro atoms. The van der Waals surface area contributed by atoms with E-state index in [-0.39, 0.29) is 2.85 Å². The van der Waals surface area contributed by atoms with E-state index in [1.54, 1.807) is 0 Å². The molecule has 0 N–H and O–H groups in total. The SMILES string of the molecule is CC[O][Al].[HH].[HH]. The first kappa shape index (κ1) is 4.49. The number of hydrogen-bond donors (Lipinski definition) is 0. The summed E-state index contributed by atoms with van der Waals surface area (Å²) in [6.45, 7) is 2.72. The van der Waals surface area contributed by atoms with Gasteiger partial charge in [0.2, 0.25) is 0 Å². The van der Waals surface area contributed by atoms with Gasteiger partial charge in [0.1, 0.15) is 0 Å². The summed E-state index contributed by atoms with van der Waals surface area (Å²) >= 11 is 2.16. The van der Waals surface area contributed by atoms with Crippen molar-refractivity contribution in [2.75, 3.05) is 6.61 Å². The van der Waals surface area contributed by atoms with Crippen molar-refractivity contribution in [3.63, 3.8) is 0 Å². The van der Waals surface area contributed by atoms with Crippen LogP contribution in [-0.2, 0) is 3.79 Å². The topological polar surface area (TPSA) is 9.23 Å². The molecule has 1 nitrogen and oxygen atoms in total. The van der Waals surface area contributed by atoms with Crippen LogP contribution in [-0.4, -0.2) is 23.2 Å². The highest BCUT2D eigenvalue weighted by molar-refractivity contribution is 5.97. The van der Waals surface area contributed by atoms with Gasteiger partial charge in [-0.25, -0.2) is 0 Å². The first-order valence-electron chi connectivity index (χ1n) is 1.23. The molecule has 0 saturated heterocycles. The Morgan fingerprint density at radius 3 is 2.50 bits per heavy atom. The largest absolute Gasteiger partial charge is 0.516 e. The average molecular weight is 76.1 g/mol. The van der Waals surface area contributed by atoms with E-state index in [1.807, 2.05) is 6.92 Å². The van der Waals surface area contributed by atoms with Gasteiger partial charge >= 0.3 is 16.6 Å². The van der Waals surface area contributed by atoms with Crippen molar-refractivity contribution >= 4 is 16.6 Å². The Kier molecular flexibility index (Phi) is 3.92. The van der Waals surface area contributed by atoms with E-state index in [0.717, 1.165) is 6.61 Å². The molecule has 0 amide bonds. The number of rotatable bonds is 1. The first-order valence-corrected chi connectivity index (χ1v) is 1.70. The predicted octanol–water partition coefficient (Wildman–Crippen LogP) is 0.598. The summed E-state index contributed by atoms with van der Waals surface area (Å²) in [4.78, 5) is 0. The molecule has 0 atom stereocenters. The maximum atomic E-state index is 4.46. The monoisotopic (exact) mass is 76.0 g/mol. The van der Waals surface area contributed by atoms with Crippen LogP contribution in [0.15, 0.2) is 0 Å². The third-order valence-corrected chi connectivity index (χ3v) is 0.500. The minimum absolute atomic E-state index is 0. The zero-order chi connectivity index (χ0) is 3.41. The maximum Gasteiger partial charge on any atom is 0.369 e. The molecule has 0 aliphatic heterocycles. The van der Waals surface area contributed by atoms with Crippen LogP contribution in [0.25, 0.3) is 0 Å². The highest BCUT2D eigenvalue weighted by Crippen LogP contribution is 1.50. The quantitative estimate of drug-likeness (QED) is 0.415. The molecule has 0 aromatic heterocycles. The second-order valence-electron chi connectivity index (χ2n) is 0.455. The molecule has 2 radical (unpaired) electrons. The Hall–Kier alpha value is 0.492. The van der Waals surface area contributed by atoms with Crippen molar-refractivity contribution in [3.05, 3.63) is 0 Å². The molecule has 0 rings (SSSR count). The molecule has 26 valence electrons. The standard InChI is InChI=1S/C2H5O.Al.2H2/c1-2-3;;;/h2H2,1H3;;2*1H/q-1;+1;;. The van der Waals surface area contributed by atoms with Crippen molar-refractivity contribution in [3.8, 4) is 0 Å². The molecule has 0 heterocycles. The van der Waals surface area contributed by atoms with E-state index in [2.05, 4.69) is 20.4 Å². The summed E-state index contributed by atoms with van der Waals surface area (Å²) in [6.07, 6.45) is 0. The third kappa shape index (κ3) is 2.49. The second-order valence-corrected chi connectivity index (χ2v) is 0.789. The van der Waals surface area contributed by atoms with Crippen molar-refractivity contribution in [1.82, 2.24) is 0 Å². The van der Waals surface area contributed by atoms with E-state index in [0.29, 0.717) is 0 Å². The fourth-order valence-corrected chi connectivity index (χ4v) is 0. The van der Waals surface area contributed by atoms with E-state index >= 15 is 0 Å². The Balaban J connectivity index is -0.0000000450. The molecular formula is C2H9AlO. The van der Waals surface area contributed by atoms with E-state index < -0.39 is 0 Å². The van der Waals surface area contributed by atoms with Crippen molar-refractivity contribution in [2.24, 2.45) is 0 Å². The smallest absolute Gasteiger partial charge is 0.369 e. The van der Waals surface area contributed by atoms with Crippen LogP contribution in [0.4, 0.5) is 0 Å². The summed E-state index contributed by atoms with van der Waals surface area (Å²) in [5.41, 5.74) is 0. The van der Waals surface area contributed by atoms with E-state index in [9.17, 15) is 0 Å². The summed E-state index contributed by atoms with van der Waals surface area (Å²) < 4.78 is 4.46. The summed E-state index contributed by atoms with van der Waals surface area (Å²) in [5.74, 6) is 0. The normalized spacial score (nSPS) is 7.25. The van der Waals surface area contributed by atoms with Gasteiger partial charge in [-0.3, -0.25) is 0 Å². The van der Waals surface area contributed by atoms with Gasteiger partial charge in [0.15, 0.2) is 0 Å². The minimum Gasteiger partial charge on any atom is -0.516 e. The van der Waals surface area contributed by atoms with Crippen LogP contribution < -0.4 is 0 Å². The Morgan fingerprint density at radius 2 is 2.50 bits per heavy atom. The van der Waals surface area contributed by atoms with Crippen molar-refractivity contribution in [2.45, 2.75) is 6.92 Å². The van der Waals surface area contributed by atoms with Gasteiger partial charge in [-0.1, -0.05) is 0 Å². The number of hydrogen-bond acceptors (Lipinski definition) is 1. The highest BCUT2D eigenvalue weighted by atomic mass is 27.1. The lowest BCUT2D eigenvalue weighted by atomic mass is 10.9. The van der Waals surface area contributed by atoms with Crippen molar-refractivity contribution < 1.29 is 6.64 Å². The molecule has 0 unspecified atom stereocenters. The third-order valence-electron chi connectivity index (χ3n) is 0.167. The van der Waals surface area contributed by atoms with Gasteiger partial charge in [0.05, 0.1) is 0 Å². The molecule has 0 bridgehead atoms. The summed E-state index contributed by atoms with van der Waals surface area (Å²) in [7, 11) is 0. The van der Waals surface area contributed by atoms with Crippen LogP contribution in [0.2, 0.25) is 0 Å². The Labute approximate surface area is 37.7 Å². The van der Waals surface area contributed by atoms with Gasteiger partial charge in [-0.15, -0.1) is 0 Å². The first-order chi connectivity index (χ1) is 1.91. The lowest BCUT2D eigenvalue weighted by Gasteiger charge is -1.79. The van der Waals surface area contributed by atoms with Crippen LogP contribution in [0.3, 0.4) is 0 Å². The van der Waals surface area contributed by atoms with Crippen molar-refractivity contribution in [1.29, 1.82) is 0 Å². The fourth-order valence-electron chi connectivity index (χ4n) is 0. The molecule has 4 heavy (non-hydrogen) atoms. The molecule has 0 aromatic rings. The second kappa shape index (κ2) is 3.49. The maximum absolute atomic E-state index is 4.46. The molecule has 0 fully saturated rings. The minimum atomic E-state index is 0. The van der Waals surface area contributed by atoms with Gasteiger partial charge in [-0.2, -0.15) is 0 Å². The Bertz CT molecular complexity index is 13.5. The van der Waals surface area contributed by atoms with Gasteiger partial charge in [0, 0.05) is 9.46 Å². The predicted molar refractivity (Wildman–Crippen MR) is 21.6 cm³/mol. The molecule has 0 aliphatic carbocycles. The van der Waals surface area contributed by atoms with E-state index in [1.165, 1.54) is 0 Å². The van der Waals surface area contributed by atoms with Crippen LogP contribution >= 0.6 is 0 Å². The summed E-state index contributed by atoms with van der Waals surface area (Å²) in [6, 6.07) is 0. The Morgan fingerprint density at radius 1 is 2.25 bits per heavy atom. The molecular weight excluding hydrogens is 67.0 g/mol.